The average Bonchev–Trinajstić information content (AvgIpc) is 2.16. The van der Waals surface area contributed by atoms with Crippen LogP contribution in [0.5, 0.6) is 0 Å². The molecule has 5 nitrogen and oxygen atoms in total. The minimum absolute atomic E-state index is 0.0807. The van der Waals surface area contributed by atoms with E-state index in [1.165, 1.54) is 19.4 Å². The third kappa shape index (κ3) is 4.41. The number of rotatable bonds is 4. The van der Waals surface area contributed by atoms with Crippen molar-refractivity contribution in [1.82, 2.24) is 14.9 Å². The molecule has 0 aliphatic rings. The third-order valence-corrected chi connectivity index (χ3v) is 1.73. The molecular formula is C8H12F3N5. The van der Waals surface area contributed by atoms with E-state index in [1.807, 2.05) is 0 Å². The molecule has 0 unspecified atom stereocenters. The van der Waals surface area contributed by atoms with E-state index in [0.717, 1.165) is 4.90 Å². The van der Waals surface area contributed by atoms with E-state index in [-0.39, 0.29) is 6.54 Å². The molecule has 1 rings (SSSR count). The van der Waals surface area contributed by atoms with Gasteiger partial charge in [0.05, 0.1) is 24.6 Å². The fourth-order valence-electron chi connectivity index (χ4n) is 1.15. The lowest BCUT2D eigenvalue weighted by Gasteiger charge is -2.17. The number of nitrogen functional groups attached to an aromatic ring is 1. The fourth-order valence-corrected chi connectivity index (χ4v) is 1.15. The van der Waals surface area contributed by atoms with Crippen molar-refractivity contribution in [2.45, 2.75) is 12.7 Å². The maximum absolute atomic E-state index is 12.0. The van der Waals surface area contributed by atoms with E-state index in [2.05, 4.69) is 15.4 Å². The van der Waals surface area contributed by atoms with Crippen LogP contribution in [0.1, 0.15) is 5.69 Å². The predicted molar refractivity (Wildman–Crippen MR) is 52.2 cm³/mol. The highest BCUT2D eigenvalue weighted by Crippen LogP contribution is 2.16. The molecule has 1 heterocycles. The van der Waals surface area contributed by atoms with Crippen LogP contribution in [-0.2, 0) is 6.54 Å². The summed E-state index contributed by atoms with van der Waals surface area (Å²) in [5, 5.41) is 0. The van der Waals surface area contributed by atoms with Gasteiger partial charge in [0.15, 0.2) is 5.82 Å². The Balaban J connectivity index is 2.53. The summed E-state index contributed by atoms with van der Waals surface area (Å²) in [6.45, 7) is -0.900. The summed E-state index contributed by atoms with van der Waals surface area (Å²) >= 11 is 0. The SMILES string of the molecule is CN(Cc1cnc(NN)cn1)CC(F)(F)F. The smallest absolute Gasteiger partial charge is 0.307 e. The van der Waals surface area contributed by atoms with Gasteiger partial charge in [-0.1, -0.05) is 0 Å². The molecular weight excluding hydrogens is 223 g/mol. The number of aromatic nitrogens is 2. The highest BCUT2D eigenvalue weighted by atomic mass is 19.4. The van der Waals surface area contributed by atoms with Gasteiger partial charge in [0, 0.05) is 6.54 Å². The summed E-state index contributed by atoms with van der Waals surface area (Å²) in [5.41, 5.74) is 2.73. The second-order valence-corrected chi connectivity index (χ2v) is 3.32. The molecule has 0 aromatic carbocycles. The van der Waals surface area contributed by atoms with Crippen molar-refractivity contribution in [3.63, 3.8) is 0 Å². The van der Waals surface area contributed by atoms with Crippen molar-refractivity contribution < 1.29 is 13.2 Å². The molecule has 3 N–H and O–H groups in total. The highest BCUT2D eigenvalue weighted by Gasteiger charge is 2.29. The van der Waals surface area contributed by atoms with Crippen LogP contribution < -0.4 is 11.3 Å². The largest absolute Gasteiger partial charge is 0.401 e. The van der Waals surface area contributed by atoms with Gasteiger partial charge in [-0.15, -0.1) is 0 Å². The number of hydrazine groups is 1. The van der Waals surface area contributed by atoms with Crippen LogP contribution in [0.3, 0.4) is 0 Å². The lowest BCUT2D eigenvalue weighted by atomic mass is 10.4. The number of nitrogens with zero attached hydrogens (tertiary/aromatic N) is 3. The zero-order chi connectivity index (χ0) is 12.2. The molecule has 0 atom stereocenters. The van der Waals surface area contributed by atoms with Crippen LogP contribution >= 0.6 is 0 Å². The number of hydrogen-bond acceptors (Lipinski definition) is 5. The summed E-state index contributed by atoms with van der Waals surface area (Å²) in [5.74, 6) is 5.44. The van der Waals surface area contributed by atoms with E-state index >= 15 is 0 Å². The van der Waals surface area contributed by atoms with Crippen LogP contribution in [0.25, 0.3) is 0 Å². The van der Waals surface area contributed by atoms with E-state index in [1.54, 1.807) is 0 Å². The first-order valence-electron chi connectivity index (χ1n) is 4.43. The Morgan fingerprint density at radius 1 is 1.38 bits per heavy atom. The van der Waals surface area contributed by atoms with Gasteiger partial charge in [0.2, 0.25) is 0 Å². The van der Waals surface area contributed by atoms with Crippen molar-refractivity contribution in [3.05, 3.63) is 18.1 Å². The van der Waals surface area contributed by atoms with Crippen LogP contribution in [0.4, 0.5) is 19.0 Å². The summed E-state index contributed by atoms with van der Waals surface area (Å²) < 4.78 is 36.1. The molecule has 0 aliphatic heterocycles. The molecule has 0 aliphatic carbocycles. The molecule has 0 fully saturated rings. The topological polar surface area (TPSA) is 67.1 Å². The molecule has 1 aromatic rings. The van der Waals surface area contributed by atoms with E-state index < -0.39 is 12.7 Å². The first-order chi connectivity index (χ1) is 7.40. The molecule has 90 valence electrons. The van der Waals surface area contributed by atoms with Crippen LogP contribution in [0, 0.1) is 0 Å². The minimum Gasteiger partial charge on any atom is -0.307 e. The number of anilines is 1. The lowest BCUT2D eigenvalue weighted by Crippen LogP contribution is -2.30. The lowest BCUT2D eigenvalue weighted by molar-refractivity contribution is -0.144. The Morgan fingerprint density at radius 3 is 2.50 bits per heavy atom. The van der Waals surface area contributed by atoms with E-state index in [4.69, 9.17) is 5.84 Å². The monoisotopic (exact) mass is 235 g/mol. The van der Waals surface area contributed by atoms with Crippen molar-refractivity contribution in [2.75, 3.05) is 19.0 Å². The summed E-state index contributed by atoms with van der Waals surface area (Å²) in [6, 6.07) is 0. The standard InChI is InChI=1S/C8H12F3N5/c1-16(5-8(9,10)11)4-6-2-14-7(15-12)3-13-6/h2-3H,4-5,12H2,1H3,(H,14,15). The Kier molecular flexibility index (Phi) is 4.02. The van der Waals surface area contributed by atoms with Gasteiger partial charge in [-0.3, -0.25) is 9.88 Å². The van der Waals surface area contributed by atoms with Crippen LogP contribution in [0.2, 0.25) is 0 Å². The normalized spacial score (nSPS) is 11.9. The Morgan fingerprint density at radius 2 is 2.06 bits per heavy atom. The molecule has 0 spiro atoms. The van der Waals surface area contributed by atoms with Gasteiger partial charge in [-0.25, -0.2) is 10.8 Å². The van der Waals surface area contributed by atoms with Gasteiger partial charge in [0.25, 0.3) is 0 Å². The van der Waals surface area contributed by atoms with Crippen molar-refractivity contribution in [1.29, 1.82) is 0 Å². The maximum Gasteiger partial charge on any atom is 0.401 e. The van der Waals surface area contributed by atoms with Gasteiger partial charge in [-0.05, 0) is 7.05 Å². The molecule has 16 heavy (non-hydrogen) atoms. The van der Waals surface area contributed by atoms with Gasteiger partial charge < -0.3 is 5.43 Å². The number of hydrogen-bond donors (Lipinski definition) is 2. The quantitative estimate of drug-likeness (QED) is 0.595. The summed E-state index contributed by atoms with van der Waals surface area (Å²) in [6.07, 6.45) is -1.47. The molecule has 0 bridgehead atoms. The fraction of sp³-hybridized carbons (Fsp3) is 0.500. The second-order valence-electron chi connectivity index (χ2n) is 3.32. The van der Waals surface area contributed by atoms with Crippen molar-refractivity contribution >= 4 is 5.82 Å². The molecule has 0 amide bonds. The number of halogens is 3. The van der Waals surface area contributed by atoms with Gasteiger partial charge >= 0.3 is 6.18 Å². The Hall–Kier alpha value is -1.41. The minimum atomic E-state index is -4.21. The van der Waals surface area contributed by atoms with Crippen molar-refractivity contribution in [3.8, 4) is 0 Å². The summed E-state index contributed by atoms with van der Waals surface area (Å²) in [4.78, 5) is 8.86. The van der Waals surface area contributed by atoms with Crippen molar-refractivity contribution in [2.24, 2.45) is 5.84 Å². The third-order valence-electron chi connectivity index (χ3n) is 1.73. The highest BCUT2D eigenvalue weighted by molar-refractivity contribution is 5.28. The van der Waals surface area contributed by atoms with E-state index in [0.29, 0.717) is 11.5 Å². The first kappa shape index (κ1) is 12.7. The predicted octanol–water partition coefficient (Wildman–Crippen LogP) is 0.756. The first-order valence-corrected chi connectivity index (χ1v) is 4.43. The number of nitrogens with one attached hydrogen (secondary N) is 1. The van der Waals surface area contributed by atoms with Crippen LogP contribution in [0.15, 0.2) is 12.4 Å². The molecule has 0 saturated carbocycles. The maximum atomic E-state index is 12.0. The zero-order valence-electron chi connectivity index (χ0n) is 8.62. The molecule has 0 radical (unpaired) electrons. The Bertz CT molecular complexity index is 323. The zero-order valence-corrected chi connectivity index (χ0v) is 8.62. The summed E-state index contributed by atoms with van der Waals surface area (Å²) in [7, 11) is 1.37. The average molecular weight is 235 g/mol. The van der Waals surface area contributed by atoms with Crippen LogP contribution in [-0.4, -0.2) is 34.6 Å². The number of alkyl halides is 3. The number of nitrogens with two attached hydrogens (primary N) is 1. The van der Waals surface area contributed by atoms with Gasteiger partial charge in [0.1, 0.15) is 0 Å². The Labute approximate surface area is 90.4 Å². The van der Waals surface area contributed by atoms with Gasteiger partial charge in [-0.2, -0.15) is 13.2 Å². The molecule has 0 saturated heterocycles. The molecule has 8 heteroatoms. The molecule has 1 aromatic heterocycles. The van der Waals surface area contributed by atoms with E-state index in [9.17, 15) is 13.2 Å². The second kappa shape index (κ2) is 5.08.